The molecule has 114 valence electrons. The molecule has 0 radical (unpaired) electrons. The van der Waals surface area contributed by atoms with E-state index in [0.29, 0.717) is 17.6 Å². The molecule has 1 aliphatic carbocycles. The third-order valence-electron chi connectivity index (χ3n) is 4.19. The Balaban J connectivity index is 2.10. The van der Waals surface area contributed by atoms with Crippen molar-refractivity contribution in [3.8, 4) is 11.1 Å². The third-order valence-corrected chi connectivity index (χ3v) is 4.19. The molecule has 0 aliphatic heterocycles. The van der Waals surface area contributed by atoms with Crippen LogP contribution in [0.5, 0.6) is 0 Å². The zero-order valence-corrected chi connectivity index (χ0v) is 12.5. The molecule has 0 saturated heterocycles. The minimum atomic E-state index is -0.406. The molecule has 0 spiro atoms. The van der Waals surface area contributed by atoms with Gasteiger partial charge in [0, 0.05) is 23.6 Å². The van der Waals surface area contributed by atoms with Crippen LogP contribution in [0.3, 0.4) is 0 Å². The molecular formula is C16H18N4O2. The molecule has 6 nitrogen and oxygen atoms in total. The number of rotatable bonds is 3. The van der Waals surface area contributed by atoms with Crippen molar-refractivity contribution in [1.29, 1.82) is 0 Å². The molecule has 0 unspecified atom stereocenters. The van der Waals surface area contributed by atoms with Crippen molar-refractivity contribution >= 4 is 11.5 Å². The van der Waals surface area contributed by atoms with E-state index >= 15 is 0 Å². The second-order valence-corrected chi connectivity index (χ2v) is 5.70. The fraction of sp³-hybridized carbons (Fsp3) is 0.375. The van der Waals surface area contributed by atoms with Gasteiger partial charge in [0.2, 0.25) is 0 Å². The maximum atomic E-state index is 10.8. The van der Waals surface area contributed by atoms with Gasteiger partial charge in [0.1, 0.15) is 11.6 Å². The molecule has 0 bridgehead atoms. The van der Waals surface area contributed by atoms with Gasteiger partial charge in [-0.3, -0.25) is 10.1 Å². The molecule has 6 heteroatoms. The number of nitrogen functional groups attached to an aromatic ring is 1. The summed E-state index contributed by atoms with van der Waals surface area (Å²) in [6.45, 7) is 1.84. The highest BCUT2D eigenvalue weighted by atomic mass is 16.6. The number of non-ortho nitro benzene ring substituents is 1. The molecule has 0 amide bonds. The van der Waals surface area contributed by atoms with Gasteiger partial charge in [-0.05, 0) is 37.5 Å². The highest BCUT2D eigenvalue weighted by molar-refractivity contribution is 5.77. The molecule has 2 aromatic rings. The predicted molar refractivity (Wildman–Crippen MR) is 84.5 cm³/mol. The van der Waals surface area contributed by atoms with Crippen molar-refractivity contribution in [3.63, 3.8) is 0 Å². The minimum Gasteiger partial charge on any atom is -0.383 e. The van der Waals surface area contributed by atoms with Crippen LogP contribution in [0.2, 0.25) is 0 Å². The molecule has 1 heterocycles. The second kappa shape index (κ2) is 5.71. The third kappa shape index (κ3) is 2.64. The fourth-order valence-corrected chi connectivity index (χ4v) is 3.16. The van der Waals surface area contributed by atoms with E-state index in [4.69, 9.17) is 5.73 Å². The number of nitro groups is 1. The van der Waals surface area contributed by atoms with Crippen LogP contribution in [0, 0.1) is 17.0 Å². The predicted octanol–water partition coefficient (Wildman–Crippen LogP) is 3.60. The molecule has 1 aromatic heterocycles. The first-order valence-electron chi connectivity index (χ1n) is 7.45. The van der Waals surface area contributed by atoms with E-state index in [1.807, 2.05) is 6.92 Å². The highest BCUT2D eigenvalue weighted by Gasteiger charge is 2.24. The molecule has 1 fully saturated rings. The first-order valence-corrected chi connectivity index (χ1v) is 7.45. The number of hydrogen-bond donors (Lipinski definition) is 1. The smallest absolute Gasteiger partial charge is 0.269 e. The van der Waals surface area contributed by atoms with Gasteiger partial charge in [-0.15, -0.1) is 0 Å². The van der Waals surface area contributed by atoms with E-state index in [1.165, 1.54) is 25.0 Å². The van der Waals surface area contributed by atoms with E-state index < -0.39 is 4.92 Å². The average molecular weight is 298 g/mol. The number of benzene rings is 1. The molecule has 22 heavy (non-hydrogen) atoms. The van der Waals surface area contributed by atoms with Crippen molar-refractivity contribution in [2.75, 3.05) is 5.73 Å². The van der Waals surface area contributed by atoms with Gasteiger partial charge in [-0.25, -0.2) is 9.97 Å². The standard InChI is InChI=1S/C16H18N4O2/c1-10-18-15(12-4-2-3-5-12)14(16(17)19-10)11-6-8-13(9-7-11)20(21)22/h6-9,12H,2-5H2,1H3,(H2,17,18,19). The molecule has 3 rings (SSSR count). The number of hydrogen-bond acceptors (Lipinski definition) is 5. The molecule has 1 aliphatic rings. The van der Waals surface area contributed by atoms with Crippen LogP contribution in [0.4, 0.5) is 11.5 Å². The quantitative estimate of drug-likeness (QED) is 0.690. The Hall–Kier alpha value is -2.50. The number of nitrogens with two attached hydrogens (primary N) is 1. The zero-order valence-electron chi connectivity index (χ0n) is 12.5. The Morgan fingerprint density at radius 2 is 1.82 bits per heavy atom. The highest BCUT2D eigenvalue weighted by Crippen LogP contribution is 2.40. The SMILES string of the molecule is Cc1nc(N)c(-c2ccc([N+](=O)[O-])cc2)c(C2CCCC2)n1. The summed E-state index contributed by atoms with van der Waals surface area (Å²) in [5.41, 5.74) is 8.85. The lowest BCUT2D eigenvalue weighted by atomic mass is 9.94. The topological polar surface area (TPSA) is 94.9 Å². The first kappa shape index (κ1) is 14.4. The van der Waals surface area contributed by atoms with Crippen molar-refractivity contribution in [1.82, 2.24) is 9.97 Å². The minimum absolute atomic E-state index is 0.0674. The van der Waals surface area contributed by atoms with E-state index in [-0.39, 0.29) is 5.69 Å². The van der Waals surface area contributed by atoms with Gasteiger partial charge >= 0.3 is 0 Å². The van der Waals surface area contributed by atoms with Crippen LogP contribution in [0.25, 0.3) is 11.1 Å². The average Bonchev–Trinajstić information content (AvgIpc) is 3.00. The summed E-state index contributed by atoms with van der Waals surface area (Å²) in [7, 11) is 0. The summed E-state index contributed by atoms with van der Waals surface area (Å²) < 4.78 is 0. The second-order valence-electron chi connectivity index (χ2n) is 5.70. The summed E-state index contributed by atoms with van der Waals surface area (Å²) in [6.07, 6.45) is 4.62. The Morgan fingerprint density at radius 1 is 1.18 bits per heavy atom. The number of nitro benzene ring substituents is 1. The van der Waals surface area contributed by atoms with E-state index in [2.05, 4.69) is 9.97 Å². The maximum absolute atomic E-state index is 10.8. The monoisotopic (exact) mass is 298 g/mol. The summed E-state index contributed by atoms with van der Waals surface area (Å²) in [5.74, 6) is 1.52. The van der Waals surface area contributed by atoms with Crippen LogP contribution in [0.15, 0.2) is 24.3 Å². The van der Waals surface area contributed by atoms with E-state index in [9.17, 15) is 10.1 Å². The van der Waals surface area contributed by atoms with Crippen LogP contribution >= 0.6 is 0 Å². The summed E-state index contributed by atoms with van der Waals surface area (Å²) in [4.78, 5) is 19.3. The summed E-state index contributed by atoms with van der Waals surface area (Å²) in [6, 6.07) is 6.43. The summed E-state index contributed by atoms with van der Waals surface area (Å²) in [5, 5.41) is 10.8. The Kier molecular flexibility index (Phi) is 3.75. The normalized spacial score (nSPS) is 15.1. The van der Waals surface area contributed by atoms with Gasteiger partial charge in [0.25, 0.3) is 5.69 Å². The van der Waals surface area contributed by atoms with Crippen molar-refractivity contribution in [3.05, 3.63) is 45.9 Å². The maximum Gasteiger partial charge on any atom is 0.269 e. The molecular weight excluding hydrogens is 280 g/mol. The van der Waals surface area contributed by atoms with Gasteiger partial charge in [0.15, 0.2) is 0 Å². The number of anilines is 1. The molecule has 2 N–H and O–H groups in total. The van der Waals surface area contributed by atoms with Crippen LogP contribution in [0.1, 0.15) is 43.1 Å². The molecule has 0 atom stereocenters. The lowest BCUT2D eigenvalue weighted by Gasteiger charge is -2.16. The van der Waals surface area contributed by atoms with Crippen molar-refractivity contribution in [2.45, 2.75) is 38.5 Å². The lowest BCUT2D eigenvalue weighted by Crippen LogP contribution is -2.07. The van der Waals surface area contributed by atoms with Gasteiger partial charge in [-0.1, -0.05) is 12.8 Å². The summed E-state index contributed by atoms with van der Waals surface area (Å²) >= 11 is 0. The van der Waals surface area contributed by atoms with Crippen LogP contribution in [-0.4, -0.2) is 14.9 Å². The zero-order chi connectivity index (χ0) is 15.7. The lowest BCUT2D eigenvalue weighted by molar-refractivity contribution is -0.384. The van der Waals surface area contributed by atoms with Gasteiger partial charge < -0.3 is 5.73 Å². The van der Waals surface area contributed by atoms with Gasteiger partial charge in [-0.2, -0.15) is 0 Å². The fourth-order valence-electron chi connectivity index (χ4n) is 3.16. The van der Waals surface area contributed by atoms with Crippen LogP contribution < -0.4 is 5.73 Å². The van der Waals surface area contributed by atoms with Crippen LogP contribution in [-0.2, 0) is 0 Å². The Labute approximate surface area is 128 Å². The molecule has 1 aromatic carbocycles. The molecule has 1 saturated carbocycles. The van der Waals surface area contributed by atoms with Crippen molar-refractivity contribution in [2.24, 2.45) is 0 Å². The number of aromatic nitrogens is 2. The largest absolute Gasteiger partial charge is 0.383 e. The van der Waals surface area contributed by atoms with E-state index in [0.717, 1.165) is 29.7 Å². The van der Waals surface area contributed by atoms with Gasteiger partial charge in [0.05, 0.1) is 10.6 Å². The van der Waals surface area contributed by atoms with Crippen molar-refractivity contribution < 1.29 is 4.92 Å². The van der Waals surface area contributed by atoms with E-state index in [1.54, 1.807) is 12.1 Å². The Bertz CT molecular complexity index is 707. The Morgan fingerprint density at radius 3 is 2.41 bits per heavy atom. The first-order chi connectivity index (χ1) is 10.6. The number of aryl methyl sites for hydroxylation is 1. The number of nitrogens with zero attached hydrogens (tertiary/aromatic N) is 3.